The van der Waals surface area contributed by atoms with Crippen LogP contribution in [0.4, 0.5) is 0 Å². The molecule has 0 saturated heterocycles. The maximum absolute atomic E-state index is 11.0. The molecule has 1 aromatic rings. The molecule has 0 bridgehead atoms. The highest BCUT2D eigenvalue weighted by atomic mass is 16.4. The monoisotopic (exact) mass is 222 g/mol. The van der Waals surface area contributed by atoms with Crippen molar-refractivity contribution in [1.29, 1.82) is 0 Å². The lowest BCUT2D eigenvalue weighted by Crippen LogP contribution is -2.40. The zero-order chi connectivity index (χ0) is 12.5. The Bertz CT molecular complexity index is 408. The second kappa shape index (κ2) is 4.26. The molecule has 2 N–H and O–H groups in total. The summed E-state index contributed by atoms with van der Waals surface area (Å²) in [7, 11) is 0. The first kappa shape index (κ1) is 12.7. The largest absolute Gasteiger partial charge is 0.479 e. The summed E-state index contributed by atoms with van der Waals surface area (Å²) in [5.41, 5.74) is 1.27. The van der Waals surface area contributed by atoms with E-state index in [2.05, 4.69) is 0 Å². The fraction of sp³-hybridized carbons (Fsp3) is 0.462. The van der Waals surface area contributed by atoms with Gasteiger partial charge in [0.25, 0.3) is 0 Å². The first-order valence-corrected chi connectivity index (χ1v) is 5.29. The Morgan fingerprint density at radius 1 is 1.38 bits per heavy atom. The summed E-state index contributed by atoms with van der Waals surface area (Å²) in [6, 6.07) is 5.80. The number of hydrogen-bond acceptors (Lipinski definition) is 2. The van der Waals surface area contributed by atoms with Crippen molar-refractivity contribution in [3.63, 3.8) is 0 Å². The van der Waals surface area contributed by atoms with Gasteiger partial charge in [-0.05, 0) is 31.9 Å². The van der Waals surface area contributed by atoms with Crippen LogP contribution in [0.15, 0.2) is 18.2 Å². The van der Waals surface area contributed by atoms with Crippen LogP contribution >= 0.6 is 0 Å². The molecule has 3 heteroatoms. The molecule has 0 heterocycles. The van der Waals surface area contributed by atoms with Crippen molar-refractivity contribution < 1.29 is 15.0 Å². The van der Waals surface area contributed by atoms with Crippen LogP contribution in [0.25, 0.3) is 0 Å². The van der Waals surface area contributed by atoms with Gasteiger partial charge >= 0.3 is 5.97 Å². The Hall–Kier alpha value is -1.35. The number of aryl methyl sites for hydroxylation is 2. The third-order valence-electron chi connectivity index (χ3n) is 3.17. The van der Waals surface area contributed by atoms with Gasteiger partial charge in [-0.3, -0.25) is 0 Å². The lowest BCUT2D eigenvalue weighted by molar-refractivity contribution is -0.158. The third kappa shape index (κ3) is 2.25. The predicted molar refractivity (Wildman–Crippen MR) is 62.6 cm³/mol. The van der Waals surface area contributed by atoms with Crippen LogP contribution in [0, 0.1) is 13.8 Å². The minimum atomic E-state index is -1.74. The van der Waals surface area contributed by atoms with E-state index in [0.29, 0.717) is 0 Å². The Kier molecular flexibility index (Phi) is 3.38. The number of carbonyl (C=O) groups is 1. The smallest absolute Gasteiger partial charge is 0.336 e. The molecular formula is C13H18O3. The molecule has 0 fully saturated rings. The van der Waals surface area contributed by atoms with Crippen LogP contribution < -0.4 is 0 Å². The highest BCUT2D eigenvalue weighted by molar-refractivity contribution is 5.78. The molecule has 0 radical (unpaired) electrons. The highest BCUT2D eigenvalue weighted by Gasteiger charge is 2.37. The van der Waals surface area contributed by atoms with Gasteiger partial charge in [0.1, 0.15) is 0 Å². The van der Waals surface area contributed by atoms with Gasteiger partial charge in [0.05, 0.1) is 0 Å². The second-order valence-electron chi connectivity index (χ2n) is 4.53. The Morgan fingerprint density at radius 2 is 1.94 bits per heavy atom. The van der Waals surface area contributed by atoms with Crippen molar-refractivity contribution in [2.24, 2.45) is 0 Å². The van der Waals surface area contributed by atoms with Crippen molar-refractivity contribution in [1.82, 2.24) is 0 Å². The second-order valence-corrected chi connectivity index (χ2v) is 4.53. The molecule has 1 rings (SSSR count). The van der Waals surface area contributed by atoms with Crippen LogP contribution in [-0.2, 0) is 4.79 Å². The number of aliphatic carboxylic acids is 1. The zero-order valence-electron chi connectivity index (χ0n) is 10.1. The maximum atomic E-state index is 11.0. The van der Waals surface area contributed by atoms with Crippen LogP contribution in [0.2, 0.25) is 0 Å². The standard InChI is InChI=1S/C13H18O3/c1-8-5-6-11(9(2)7-8)10(3)13(4,16)12(14)15/h5-7,10,16H,1-4H3,(H,14,15). The minimum Gasteiger partial charge on any atom is -0.479 e. The molecule has 1 aromatic carbocycles. The topological polar surface area (TPSA) is 57.5 Å². The number of carboxylic acid groups (broad SMARTS) is 1. The van der Waals surface area contributed by atoms with Gasteiger partial charge in [-0.2, -0.15) is 0 Å². The van der Waals surface area contributed by atoms with Gasteiger partial charge in [0.15, 0.2) is 5.60 Å². The fourth-order valence-electron chi connectivity index (χ4n) is 1.80. The van der Waals surface area contributed by atoms with Gasteiger partial charge in [-0.25, -0.2) is 4.79 Å². The van der Waals surface area contributed by atoms with Crippen molar-refractivity contribution in [3.8, 4) is 0 Å². The van der Waals surface area contributed by atoms with Crippen molar-refractivity contribution in [2.75, 3.05) is 0 Å². The molecule has 16 heavy (non-hydrogen) atoms. The summed E-state index contributed by atoms with van der Waals surface area (Å²) in [5.74, 6) is -1.63. The van der Waals surface area contributed by atoms with Crippen LogP contribution in [-0.4, -0.2) is 21.8 Å². The van der Waals surface area contributed by atoms with Gasteiger partial charge in [-0.1, -0.05) is 30.7 Å². The first-order valence-electron chi connectivity index (χ1n) is 5.29. The van der Waals surface area contributed by atoms with E-state index in [4.69, 9.17) is 5.11 Å². The Morgan fingerprint density at radius 3 is 2.38 bits per heavy atom. The number of rotatable bonds is 3. The molecule has 0 aliphatic heterocycles. The normalized spacial score (nSPS) is 16.6. The minimum absolute atomic E-state index is 0.439. The van der Waals surface area contributed by atoms with Crippen molar-refractivity contribution >= 4 is 5.97 Å². The number of benzene rings is 1. The van der Waals surface area contributed by atoms with E-state index >= 15 is 0 Å². The van der Waals surface area contributed by atoms with Crippen LogP contribution in [0.5, 0.6) is 0 Å². The molecular weight excluding hydrogens is 204 g/mol. The third-order valence-corrected chi connectivity index (χ3v) is 3.17. The quantitative estimate of drug-likeness (QED) is 0.824. The zero-order valence-corrected chi connectivity index (χ0v) is 10.1. The summed E-state index contributed by atoms with van der Waals surface area (Å²) in [6.45, 7) is 6.97. The molecule has 2 unspecified atom stereocenters. The molecule has 0 spiro atoms. The van der Waals surface area contributed by atoms with E-state index < -0.39 is 17.5 Å². The van der Waals surface area contributed by atoms with Gasteiger partial charge in [0, 0.05) is 5.92 Å². The Balaban J connectivity index is 3.14. The van der Waals surface area contributed by atoms with Crippen molar-refractivity contribution in [2.45, 2.75) is 39.2 Å². The number of hydrogen-bond donors (Lipinski definition) is 2. The first-order chi connectivity index (χ1) is 7.26. The molecule has 0 aromatic heterocycles. The van der Waals surface area contributed by atoms with Crippen LogP contribution in [0.1, 0.15) is 36.5 Å². The van der Waals surface area contributed by atoms with Crippen LogP contribution in [0.3, 0.4) is 0 Å². The molecule has 2 atom stereocenters. The average molecular weight is 222 g/mol. The summed E-state index contributed by atoms with van der Waals surface area (Å²) >= 11 is 0. The fourth-order valence-corrected chi connectivity index (χ4v) is 1.80. The predicted octanol–water partition coefficient (Wildman–Crippen LogP) is 2.24. The van der Waals surface area contributed by atoms with E-state index in [9.17, 15) is 9.90 Å². The van der Waals surface area contributed by atoms with E-state index in [1.54, 1.807) is 6.92 Å². The number of aliphatic hydroxyl groups is 1. The molecule has 3 nitrogen and oxygen atoms in total. The maximum Gasteiger partial charge on any atom is 0.336 e. The molecule has 0 aliphatic rings. The molecule has 0 amide bonds. The number of carboxylic acids is 1. The molecule has 0 saturated carbocycles. The SMILES string of the molecule is Cc1ccc(C(C)C(C)(O)C(=O)O)c(C)c1. The average Bonchev–Trinajstić information content (AvgIpc) is 2.16. The van der Waals surface area contributed by atoms with E-state index in [1.165, 1.54) is 6.92 Å². The Labute approximate surface area is 95.7 Å². The summed E-state index contributed by atoms with van der Waals surface area (Å²) in [5, 5.41) is 18.9. The van der Waals surface area contributed by atoms with Gasteiger partial charge in [0.2, 0.25) is 0 Å². The van der Waals surface area contributed by atoms with Crippen molar-refractivity contribution in [3.05, 3.63) is 34.9 Å². The lowest BCUT2D eigenvalue weighted by atomic mass is 9.82. The van der Waals surface area contributed by atoms with Gasteiger partial charge in [-0.15, -0.1) is 0 Å². The molecule has 0 aliphatic carbocycles. The van der Waals surface area contributed by atoms with E-state index in [1.807, 2.05) is 32.0 Å². The van der Waals surface area contributed by atoms with E-state index in [0.717, 1.165) is 16.7 Å². The van der Waals surface area contributed by atoms with Gasteiger partial charge < -0.3 is 10.2 Å². The summed E-state index contributed by atoms with van der Waals surface area (Å²) in [4.78, 5) is 11.0. The summed E-state index contributed by atoms with van der Waals surface area (Å²) in [6.07, 6.45) is 0. The lowest BCUT2D eigenvalue weighted by Gasteiger charge is -2.27. The molecule has 88 valence electrons. The summed E-state index contributed by atoms with van der Waals surface area (Å²) < 4.78 is 0. The highest BCUT2D eigenvalue weighted by Crippen LogP contribution is 2.30. The van der Waals surface area contributed by atoms with E-state index in [-0.39, 0.29) is 0 Å².